The minimum Gasteiger partial charge on any atom is -0.483 e. The fourth-order valence-electron chi connectivity index (χ4n) is 2.63. The lowest BCUT2D eigenvalue weighted by Crippen LogP contribution is -2.23. The summed E-state index contributed by atoms with van der Waals surface area (Å²) in [5, 5.41) is 11.9. The van der Waals surface area contributed by atoms with Crippen LogP contribution in [0.4, 0.5) is 14.5 Å². The van der Waals surface area contributed by atoms with Gasteiger partial charge in [0.05, 0.1) is 18.5 Å². The van der Waals surface area contributed by atoms with E-state index in [1.54, 1.807) is 6.07 Å². The Bertz CT molecular complexity index is 1070. The largest absolute Gasteiger partial charge is 0.483 e. The first kappa shape index (κ1) is 20.2. The molecule has 2 aromatic carbocycles. The number of anilines is 1. The van der Waals surface area contributed by atoms with Gasteiger partial charge in [0.1, 0.15) is 24.8 Å². The third-order valence-corrected chi connectivity index (χ3v) is 4.11. The number of hydrogen-bond donors (Lipinski definition) is 2. The van der Waals surface area contributed by atoms with Crippen molar-refractivity contribution in [3.05, 3.63) is 93.9 Å². The van der Waals surface area contributed by atoms with Gasteiger partial charge in [-0.3, -0.25) is 9.59 Å². The Balaban J connectivity index is 1.76. The SMILES string of the molecule is O=C(Cn1cc(OCc2ccc(F)cc2)c(=O)cc1CO)Nc1ccccc1F. The van der Waals surface area contributed by atoms with Crippen LogP contribution in [0.25, 0.3) is 0 Å². The Morgan fingerprint density at radius 1 is 1.10 bits per heavy atom. The highest BCUT2D eigenvalue weighted by Gasteiger charge is 2.12. The van der Waals surface area contributed by atoms with Crippen LogP contribution in [-0.2, 0) is 24.6 Å². The monoisotopic (exact) mass is 400 g/mol. The van der Waals surface area contributed by atoms with Gasteiger partial charge < -0.3 is 19.7 Å². The van der Waals surface area contributed by atoms with Crippen molar-refractivity contribution in [1.82, 2.24) is 4.57 Å². The molecule has 150 valence electrons. The quantitative estimate of drug-likeness (QED) is 0.639. The Hall–Kier alpha value is -3.52. The highest BCUT2D eigenvalue weighted by atomic mass is 19.1. The zero-order valence-electron chi connectivity index (χ0n) is 15.3. The Morgan fingerprint density at radius 2 is 1.83 bits per heavy atom. The summed E-state index contributed by atoms with van der Waals surface area (Å²) in [6.07, 6.45) is 1.30. The van der Waals surface area contributed by atoms with Crippen LogP contribution < -0.4 is 15.5 Å². The van der Waals surface area contributed by atoms with E-state index in [0.717, 1.165) is 6.07 Å². The number of carbonyl (C=O) groups is 1. The summed E-state index contributed by atoms with van der Waals surface area (Å²) >= 11 is 0. The van der Waals surface area contributed by atoms with Crippen LogP contribution >= 0.6 is 0 Å². The predicted octanol–water partition coefficient (Wildman–Crippen LogP) is 2.84. The number of benzene rings is 2. The number of aromatic nitrogens is 1. The molecule has 0 spiro atoms. The molecule has 8 heteroatoms. The molecule has 0 unspecified atom stereocenters. The van der Waals surface area contributed by atoms with Gasteiger partial charge in [0.2, 0.25) is 11.3 Å². The molecule has 0 atom stereocenters. The van der Waals surface area contributed by atoms with Crippen LogP contribution in [-0.4, -0.2) is 15.6 Å². The minimum absolute atomic E-state index is 0.0232. The van der Waals surface area contributed by atoms with E-state index in [1.807, 2.05) is 0 Å². The Labute approximate surface area is 165 Å². The van der Waals surface area contributed by atoms with Gasteiger partial charge in [-0.05, 0) is 29.8 Å². The summed E-state index contributed by atoms with van der Waals surface area (Å²) in [7, 11) is 0. The summed E-state index contributed by atoms with van der Waals surface area (Å²) < 4.78 is 33.5. The zero-order chi connectivity index (χ0) is 20.8. The first-order valence-electron chi connectivity index (χ1n) is 8.72. The smallest absolute Gasteiger partial charge is 0.244 e. The fourth-order valence-corrected chi connectivity index (χ4v) is 2.63. The first-order valence-corrected chi connectivity index (χ1v) is 8.72. The standard InChI is InChI=1S/C21H18F2N2O4/c22-15-7-5-14(6-8-15)13-29-20-10-25(16(12-26)9-19(20)27)11-21(28)24-18-4-2-1-3-17(18)23/h1-10,26H,11-13H2,(H,24,28). The van der Waals surface area contributed by atoms with E-state index in [0.29, 0.717) is 5.56 Å². The molecule has 29 heavy (non-hydrogen) atoms. The van der Waals surface area contributed by atoms with Crippen molar-refractivity contribution >= 4 is 11.6 Å². The predicted molar refractivity (Wildman–Crippen MR) is 102 cm³/mol. The summed E-state index contributed by atoms with van der Waals surface area (Å²) in [6.45, 7) is -0.715. The third-order valence-electron chi connectivity index (χ3n) is 4.11. The number of aliphatic hydroxyl groups is 1. The second-order valence-electron chi connectivity index (χ2n) is 6.22. The minimum atomic E-state index is -0.577. The van der Waals surface area contributed by atoms with E-state index in [9.17, 15) is 23.5 Å². The van der Waals surface area contributed by atoms with Crippen LogP contribution in [0.2, 0.25) is 0 Å². The molecular formula is C21H18F2N2O4. The summed E-state index contributed by atoms with van der Waals surface area (Å²) in [5.41, 5.74) is 0.410. The van der Waals surface area contributed by atoms with E-state index in [2.05, 4.69) is 5.32 Å². The zero-order valence-corrected chi connectivity index (χ0v) is 15.3. The van der Waals surface area contributed by atoms with Crippen molar-refractivity contribution < 1.29 is 23.4 Å². The van der Waals surface area contributed by atoms with Crippen molar-refractivity contribution in [3.8, 4) is 5.75 Å². The number of carbonyl (C=O) groups excluding carboxylic acids is 1. The Morgan fingerprint density at radius 3 is 2.52 bits per heavy atom. The molecule has 1 aromatic heterocycles. The van der Waals surface area contributed by atoms with Crippen LogP contribution in [0.1, 0.15) is 11.3 Å². The number of amides is 1. The van der Waals surface area contributed by atoms with E-state index in [-0.39, 0.29) is 36.1 Å². The molecule has 3 rings (SSSR count). The van der Waals surface area contributed by atoms with E-state index < -0.39 is 23.8 Å². The maximum Gasteiger partial charge on any atom is 0.244 e. The number of para-hydroxylation sites is 1. The molecule has 0 saturated carbocycles. The molecule has 0 aliphatic carbocycles. The average molecular weight is 400 g/mol. The molecule has 0 radical (unpaired) electrons. The molecule has 1 amide bonds. The van der Waals surface area contributed by atoms with Gasteiger partial charge in [0.15, 0.2) is 5.75 Å². The number of aliphatic hydroxyl groups excluding tert-OH is 1. The molecule has 1 heterocycles. The van der Waals surface area contributed by atoms with Crippen LogP contribution in [0.5, 0.6) is 5.75 Å². The summed E-state index contributed by atoms with van der Waals surface area (Å²) in [6, 6.07) is 12.5. The van der Waals surface area contributed by atoms with E-state index in [4.69, 9.17) is 4.74 Å². The van der Waals surface area contributed by atoms with Gasteiger partial charge >= 0.3 is 0 Å². The Kier molecular flexibility index (Phi) is 6.36. The summed E-state index contributed by atoms with van der Waals surface area (Å²) in [4.78, 5) is 24.5. The van der Waals surface area contributed by atoms with Crippen LogP contribution in [0.15, 0.2) is 65.6 Å². The molecule has 0 saturated heterocycles. The number of pyridine rings is 1. The molecule has 0 bridgehead atoms. The lowest BCUT2D eigenvalue weighted by molar-refractivity contribution is -0.116. The average Bonchev–Trinajstić information content (AvgIpc) is 2.71. The second-order valence-corrected chi connectivity index (χ2v) is 6.22. The molecular weight excluding hydrogens is 382 g/mol. The molecule has 2 N–H and O–H groups in total. The highest BCUT2D eigenvalue weighted by Crippen LogP contribution is 2.14. The normalized spacial score (nSPS) is 10.6. The van der Waals surface area contributed by atoms with Crippen molar-refractivity contribution in [1.29, 1.82) is 0 Å². The van der Waals surface area contributed by atoms with Crippen LogP contribution in [0.3, 0.4) is 0 Å². The number of hydrogen-bond acceptors (Lipinski definition) is 4. The number of nitrogens with zero attached hydrogens (tertiary/aromatic N) is 1. The van der Waals surface area contributed by atoms with Crippen LogP contribution in [0, 0.1) is 11.6 Å². The maximum atomic E-state index is 13.7. The van der Waals surface area contributed by atoms with Gasteiger partial charge in [-0.15, -0.1) is 0 Å². The maximum absolute atomic E-state index is 13.7. The van der Waals surface area contributed by atoms with Gasteiger partial charge in [-0.25, -0.2) is 8.78 Å². The molecule has 0 aliphatic rings. The van der Waals surface area contributed by atoms with Crippen molar-refractivity contribution in [2.75, 3.05) is 5.32 Å². The van der Waals surface area contributed by atoms with Gasteiger partial charge in [0, 0.05) is 11.8 Å². The number of halogens is 2. The molecule has 0 aliphatic heterocycles. The number of nitrogens with one attached hydrogen (secondary N) is 1. The second kappa shape index (κ2) is 9.11. The number of rotatable bonds is 7. The lowest BCUT2D eigenvalue weighted by Gasteiger charge is -2.14. The number of ether oxygens (including phenoxy) is 1. The highest BCUT2D eigenvalue weighted by molar-refractivity contribution is 5.90. The fraction of sp³-hybridized carbons (Fsp3) is 0.143. The van der Waals surface area contributed by atoms with Gasteiger partial charge in [0.25, 0.3) is 0 Å². The third kappa shape index (κ3) is 5.26. The molecule has 3 aromatic rings. The molecule has 0 fully saturated rings. The van der Waals surface area contributed by atoms with Crippen molar-refractivity contribution in [3.63, 3.8) is 0 Å². The summed E-state index contributed by atoms with van der Waals surface area (Å²) in [5.74, 6) is -1.54. The van der Waals surface area contributed by atoms with Gasteiger partial charge in [-0.2, -0.15) is 0 Å². The molecule has 6 nitrogen and oxygen atoms in total. The lowest BCUT2D eigenvalue weighted by atomic mass is 10.2. The first-order chi connectivity index (χ1) is 14.0. The topological polar surface area (TPSA) is 80.6 Å². The van der Waals surface area contributed by atoms with E-state index >= 15 is 0 Å². The van der Waals surface area contributed by atoms with Crippen molar-refractivity contribution in [2.24, 2.45) is 0 Å². The van der Waals surface area contributed by atoms with Crippen molar-refractivity contribution in [2.45, 2.75) is 19.8 Å². The van der Waals surface area contributed by atoms with Gasteiger partial charge in [-0.1, -0.05) is 24.3 Å². The van der Waals surface area contributed by atoms with E-state index in [1.165, 1.54) is 53.2 Å².